The third kappa shape index (κ3) is 2.11. The van der Waals surface area contributed by atoms with E-state index in [1.165, 1.54) is 34.9 Å². The lowest BCUT2D eigenvalue weighted by molar-refractivity contribution is -0.379. The summed E-state index contributed by atoms with van der Waals surface area (Å²) in [6.45, 7) is 0. The van der Waals surface area contributed by atoms with Gasteiger partial charge in [-0.2, -0.15) is 5.26 Å². The van der Waals surface area contributed by atoms with Crippen molar-refractivity contribution in [2.45, 2.75) is 0 Å². The number of nitroso groups, excluding NO2 is 1. The summed E-state index contributed by atoms with van der Waals surface area (Å²) < 4.78 is 1.34. The van der Waals surface area contributed by atoms with Crippen molar-refractivity contribution in [3.8, 4) is 17.5 Å². The Bertz CT molecular complexity index is 982. The molecule has 0 amide bonds. The minimum atomic E-state index is -0.483. The fourth-order valence-electron chi connectivity index (χ4n) is 2.31. The topological polar surface area (TPSA) is 97.1 Å². The van der Waals surface area contributed by atoms with Crippen molar-refractivity contribution in [2.75, 3.05) is 0 Å². The standard InChI is InChI=1S/C16H9N3O3/c17-9-11-7-10-1-6-14(20)8-15(10)19(16(11)21)13-4-2-12(18-22)3-5-13/h1-8,20H/p+1. The van der Waals surface area contributed by atoms with Gasteiger partial charge in [-0.05, 0) is 30.3 Å². The second kappa shape index (κ2) is 5.14. The Balaban J connectivity index is 2.41. The lowest BCUT2D eigenvalue weighted by Crippen LogP contribution is -2.55. The Morgan fingerprint density at radius 3 is 2.45 bits per heavy atom. The number of fused-ring (bicyclic) bond motifs is 1. The maximum Gasteiger partial charge on any atom is 0.273 e. The molecule has 3 rings (SSSR count). The molecule has 2 N–H and O–H groups in total. The number of hydrogen-bond donors (Lipinski definition) is 2. The van der Waals surface area contributed by atoms with E-state index in [9.17, 15) is 14.8 Å². The number of benzene rings is 2. The Kier molecular flexibility index (Phi) is 3.16. The molecule has 106 valence electrons. The van der Waals surface area contributed by atoms with Crippen LogP contribution in [0, 0.1) is 16.2 Å². The summed E-state index contributed by atoms with van der Waals surface area (Å²) in [7, 11) is 0. The summed E-state index contributed by atoms with van der Waals surface area (Å²) in [5.41, 5.74) is 0.858. The predicted molar refractivity (Wildman–Crippen MR) is 79.9 cm³/mol. The normalized spacial score (nSPS) is 10.3. The molecule has 0 aliphatic carbocycles. The zero-order valence-corrected chi connectivity index (χ0v) is 11.3. The number of rotatable bonds is 2. The van der Waals surface area contributed by atoms with E-state index in [1.54, 1.807) is 23.4 Å². The predicted octanol–water partition coefficient (Wildman–Crippen LogP) is 1.05. The first kappa shape index (κ1) is 13.5. The molecule has 1 heterocycles. The third-order valence-corrected chi connectivity index (χ3v) is 3.35. The van der Waals surface area contributed by atoms with Crippen LogP contribution in [0.1, 0.15) is 5.56 Å². The summed E-state index contributed by atoms with van der Waals surface area (Å²) in [5, 5.41) is 21.2. The van der Waals surface area contributed by atoms with Gasteiger partial charge in [-0.15, -0.1) is 0 Å². The molecule has 0 fully saturated rings. The van der Waals surface area contributed by atoms with Crippen LogP contribution >= 0.6 is 0 Å². The molecule has 3 aromatic rings. The SMILES string of the molecule is N#Cc1cc2ccc(O)cc2n(-c2ccc([NH+]=O)cc2)c1=O. The van der Waals surface area contributed by atoms with Gasteiger partial charge in [-0.25, -0.2) is 0 Å². The average molecular weight is 292 g/mol. The van der Waals surface area contributed by atoms with Gasteiger partial charge in [0.25, 0.3) is 11.2 Å². The number of phenolic OH excluding ortho intramolecular Hbond substituents is 1. The first-order valence-electron chi connectivity index (χ1n) is 6.41. The van der Waals surface area contributed by atoms with Crippen LogP contribution in [0.3, 0.4) is 0 Å². The molecule has 0 atom stereocenters. The maximum absolute atomic E-state index is 12.5. The minimum absolute atomic E-state index is 0.00390. The van der Waals surface area contributed by atoms with Crippen LogP contribution < -0.4 is 10.7 Å². The van der Waals surface area contributed by atoms with Crippen molar-refractivity contribution in [3.05, 3.63) is 69.4 Å². The molecule has 0 bridgehead atoms. The fourth-order valence-corrected chi connectivity index (χ4v) is 2.31. The third-order valence-electron chi connectivity index (χ3n) is 3.35. The van der Waals surface area contributed by atoms with Gasteiger partial charge < -0.3 is 5.11 Å². The Morgan fingerprint density at radius 2 is 1.82 bits per heavy atom. The van der Waals surface area contributed by atoms with Gasteiger partial charge in [-0.3, -0.25) is 9.36 Å². The molecule has 0 spiro atoms. The van der Waals surface area contributed by atoms with E-state index < -0.39 is 5.56 Å². The van der Waals surface area contributed by atoms with Crippen LogP contribution in [0.2, 0.25) is 0 Å². The lowest BCUT2D eigenvalue weighted by atomic mass is 10.1. The van der Waals surface area contributed by atoms with Crippen LogP contribution in [0.5, 0.6) is 5.75 Å². The molecule has 6 nitrogen and oxygen atoms in total. The quantitative estimate of drug-likeness (QED) is 0.737. The zero-order valence-electron chi connectivity index (χ0n) is 11.3. The lowest BCUT2D eigenvalue weighted by Gasteiger charge is -2.11. The van der Waals surface area contributed by atoms with Crippen LogP contribution in [-0.2, 0) is 0 Å². The zero-order chi connectivity index (χ0) is 15.7. The number of aromatic hydroxyl groups is 1. The first-order chi connectivity index (χ1) is 10.6. The van der Waals surface area contributed by atoms with Gasteiger partial charge in [0.1, 0.15) is 17.4 Å². The van der Waals surface area contributed by atoms with Crippen LogP contribution in [0.25, 0.3) is 16.6 Å². The second-order valence-corrected chi connectivity index (χ2v) is 4.70. The number of nitrogens with zero attached hydrogens (tertiary/aromatic N) is 2. The molecule has 22 heavy (non-hydrogen) atoms. The van der Waals surface area contributed by atoms with Gasteiger partial charge in [0.05, 0.1) is 5.52 Å². The maximum atomic E-state index is 12.5. The van der Waals surface area contributed by atoms with Gasteiger partial charge in [0.15, 0.2) is 0 Å². The minimum Gasteiger partial charge on any atom is -0.508 e. The van der Waals surface area contributed by atoms with Crippen molar-refractivity contribution in [1.29, 1.82) is 5.26 Å². The van der Waals surface area contributed by atoms with Gasteiger partial charge in [0.2, 0.25) is 0 Å². The molecule has 0 aliphatic heterocycles. The van der Waals surface area contributed by atoms with E-state index in [2.05, 4.69) is 0 Å². The smallest absolute Gasteiger partial charge is 0.273 e. The number of phenols is 1. The van der Waals surface area contributed by atoms with Crippen LogP contribution in [-0.4, -0.2) is 9.67 Å². The largest absolute Gasteiger partial charge is 0.508 e. The van der Waals surface area contributed by atoms with Crippen molar-refractivity contribution in [3.63, 3.8) is 0 Å². The van der Waals surface area contributed by atoms with Gasteiger partial charge >= 0.3 is 0 Å². The van der Waals surface area contributed by atoms with Crippen LogP contribution in [0.15, 0.2) is 53.3 Å². The number of aromatic nitrogens is 1. The molecule has 6 heteroatoms. The van der Waals surface area contributed by atoms with Gasteiger partial charge in [0, 0.05) is 39.4 Å². The summed E-state index contributed by atoms with van der Waals surface area (Å²) in [4.78, 5) is 23.1. The molecular formula is C16H10N3O3+. The summed E-state index contributed by atoms with van der Waals surface area (Å²) in [6, 6.07) is 14.2. The molecule has 0 saturated carbocycles. The first-order valence-corrected chi connectivity index (χ1v) is 6.41. The van der Waals surface area contributed by atoms with Crippen molar-refractivity contribution >= 4 is 16.6 Å². The highest BCUT2D eigenvalue weighted by molar-refractivity contribution is 5.83. The molecular weight excluding hydrogens is 282 g/mol. The molecule has 0 saturated heterocycles. The Labute approximate surface area is 124 Å². The van der Waals surface area contributed by atoms with Crippen LogP contribution in [0.4, 0.5) is 5.69 Å². The van der Waals surface area contributed by atoms with Crippen molar-refractivity contribution in [2.24, 2.45) is 0 Å². The second-order valence-electron chi connectivity index (χ2n) is 4.70. The number of nitriles is 1. The van der Waals surface area contributed by atoms with E-state index in [0.29, 0.717) is 22.3 Å². The summed E-state index contributed by atoms with van der Waals surface area (Å²) in [5.74, 6) is 0.0169. The number of pyridine rings is 1. The van der Waals surface area contributed by atoms with Crippen molar-refractivity contribution < 1.29 is 10.3 Å². The monoisotopic (exact) mass is 292 g/mol. The van der Waals surface area contributed by atoms with E-state index in [1.807, 2.05) is 6.07 Å². The highest BCUT2D eigenvalue weighted by Gasteiger charge is 2.12. The Hall–Kier alpha value is -3.46. The summed E-state index contributed by atoms with van der Waals surface area (Å²) >= 11 is 0. The molecule has 0 aliphatic rings. The average Bonchev–Trinajstić information content (AvgIpc) is 2.54. The van der Waals surface area contributed by atoms with E-state index in [4.69, 9.17) is 5.26 Å². The highest BCUT2D eigenvalue weighted by atomic mass is 16.3. The highest BCUT2D eigenvalue weighted by Crippen LogP contribution is 2.22. The molecule has 0 unspecified atom stereocenters. The summed E-state index contributed by atoms with van der Waals surface area (Å²) in [6.07, 6.45) is 0. The Morgan fingerprint density at radius 1 is 1.09 bits per heavy atom. The molecule has 1 aromatic heterocycles. The van der Waals surface area contributed by atoms with E-state index in [-0.39, 0.29) is 11.3 Å². The van der Waals surface area contributed by atoms with Crippen molar-refractivity contribution in [1.82, 2.24) is 4.57 Å². The fraction of sp³-hybridized carbons (Fsp3) is 0. The number of nitrogens with one attached hydrogen (secondary N) is 1. The van der Waals surface area contributed by atoms with Gasteiger partial charge in [-0.1, -0.05) is 0 Å². The molecule has 2 aromatic carbocycles. The van der Waals surface area contributed by atoms with E-state index >= 15 is 0 Å². The number of hydrogen-bond acceptors (Lipinski definition) is 4. The van der Waals surface area contributed by atoms with E-state index in [0.717, 1.165) is 0 Å². The molecule has 0 radical (unpaired) electrons.